The fourth-order valence-electron chi connectivity index (χ4n) is 2.59. The first kappa shape index (κ1) is 21.3. The molecule has 6 nitrogen and oxygen atoms in total. The number of benzene rings is 1. The topological polar surface area (TPSA) is 81.9 Å². The minimum atomic E-state index is -4.87. The maximum Gasteiger partial charge on any atom is 0.433 e. The van der Waals surface area contributed by atoms with Crippen LogP contribution in [0.25, 0.3) is 11.3 Å². The summed E-state index contributed by atoms with van der Waals surface area (Å²) < 4.78 is 64.3. The Hall–Kier alpha value is -3.45. The Morgan fingerprint density at radius 1 is 1.10 bits per heavy atom. The van der Waals surface area contributed by atoms with E-state index in [0.29, 0.717) is 17.9 Å². The van der Waals surface area contributed by atoms with Crippen molar-refractivity contribution in [3.63, 3.8) is 0 Å². The number of sulfone groups is 1. The van der Waals surface area contributed by atoms with Gasteiger partial charge in [-0.3, -0.25) is 4.79 Å². The van der Waals surface area contributed by atoms with Crippen LogP contribution in [-0.4, -0.2) is 29.2 Å². The largest absolute Gasteiger partial charge is 0.433 e. The first-order valence-electron chi connectivity index (χ1n) is 8.40. The van der Waals surface area contributed by atoms with Crippen LogP contribution in [0.3, 0.4) is 0 Å². The van der Waals surface area contributed by atoms with Gasteiger partial charge in [-0.25, -0.2) is 18.4 Å². The minimum absolute atomic E-state index is 0.132. The zero-order valence-electron chi connectivity index (χ0n) is 15.5. The average Bonchev–Trinajstić information content (AvgIpc) is 2.68. The summed E-state index contributed by atoms with van der Waals surface area (Å²) in [4.78, 5) is 19.1. The average molecular weight is 433 g/mol. The Kier molecular flexibility index (Phi) is 5.50. The molecule has 3 aromatic rings. The van der Waals surface area contributed by atoms with E-state index >= 15 is 0 Å². The SMILES string of the molecule is C#Cc1ccc(Cn2cc(-c3cc(C(F)(F)F)nc(S(C)(=O)=O)n3)ccc2=O)cc1. The van der Waals surface area contributed by atoms with Crippen LogP contribution in [0.5, 0.6) is 0 Å². The van der Waals surface area contributed by atoms with Gasteiger partial charge >= 0.3 is 6.18 Å². The van der Waals surface area contributed by atoms with Gasteiger partial charge in [-0.05, 0) is 29.8 Å². The highest BCUT2D eigenvalue weighted by Gasteiger charge is 2.35. The van der Waals surface area contributed by atoms with Crippen molar-refractivity contribution in [2.24, 2.45) is 0 Å². The molecule has 0 spiro atoms. The summed E-state index contributed by atoms with van der Waals surface area (Å²) in [6.45, 7) is 0.133. The lowest BCUT2D eigenvalue weighted by molar-refractivity contribution is -0.141. The smallest absolute Gasteiger partial charge is 0.310 e. The number of nitrogens with zero attached hydrogens (tertiary/aromatic N) is 3. The molecule has 3 rings (SSSR count). The summed E-state index contributed by atoms with van der Waals surface area (Å²) in [7, 11) is -4.10. The molecular weight excluding hydrogens is 419 g/mol. The van der Waals surface area contributed by atoms with E-state index in [1.165, 1.54) is 22.9 Å². The lowest BCUT2D eigenvalue weighted by Crippen LogP contribution is -2.19. The van der Waals surface area contributed by atoms with E-state index in [1.807, 2.05) is 0 Å². The molecule has 0 aliphatic rings. The first-order valence-corrected chi connectivity index (χ1v) is 10.3. The van der Waals surface area contributed by atoms with Crippen LogP contribution < -0.4 is 5.56 Å². The van der Waals surface area contributed by atoms with Gasteiger partial charge in [0.25, 0.3) is 5.56 Å². The third-order valence-corrected chi connectivity index (χ3v) is 4.93. The maximum atomic E-state index is 13.2. The summed E-state index contributed by atoms with van der Waals surface area (Å²) in [5, 5.41) is -0.949. The van der Waals surface area contributed by atoms with Crippen LogP contribution in [0, 0.1) is 12.3 Å². The summed E-state index contributed by atoms with van der Waals surface area (Å²) in [5.41, 5.74) is -0.525. The molecule has 2 heterocycles. The second kappa shape index (κ2) is 7.76. The number of terminal acetylenes is 1. The molecular formula is C20H14F3N3O3S. The minimum Gasteiger partial charge on any atom is -0.310 e. The van der Waals surface area contributed by atoms with Crippen LogP contribution in [0.15, 0.2) is 58.6 Å². The number of alkyl halides is 3. The predicted octanol–water partition coefficient (Wildman–Crippen LogP) is 2.76. The first-order chi connectivity index (χ1) is 14.0. The third-order valence-electron chi connectivity index (χ3n) is 4.08. The molecule has 0 bridgehead atoms. The Labute approximate surface area is 170 Å². The Balaban J connectivity index is 2.09. The molecule has 0 aliphatic heterocycles. The number of hydrogen-bond acceptors (Lipinski definition) is 5. The van der Waals surface area contributed by atoms with Crippen LogP contribution in [0.1, 0.15) is 16.8 Å². The van der Waals surface area contributed by atoms with Crippen molar-refractivity contribution in [2.45, 2.75) is 17.9 Å². The second-order valence-corrected chi connectivity index (χ2v) is 8.33. The molecule has 154 valence electrons. The molecule has 0 saturated heterocycles. The van der Waals surface area contributed by atoms with Crippen molar-refractivity contribution < 1.29 is 21.6 Å². The molecule has 0 aliphatic carbocycles. The molecule has 0 fully saturated rings. The number of halogens is 3. The van der Waals surface area contributed by atoms with Gasteiger partial charge in [0, 0.05) is 29.6 Å². The van der Waals surface area contributed by atoms with Crippen LogP contribution in [0.2, 0.25) is 0 Å². The highest BCUT2D eigenvalue weighted by molar-refractivity contribution is 7.90. The van der Waals surface area contributed by atoms with Crippen molar-refractivity contribution in [2.75, 3.05) is 6.26 Å². The molecule has 0 radical (unpaired) electrons. The molecule has 10 heteroatoms. The van der Waals surface area contributed by atoms with Crippen molar-refractivity contribution in [1.82, 2.24) is 14.5 Å². The second-order valence-electron chi connectivity index (χ2n) is 6.42. The third kappa shape index (κ3) is 4.75. The quantitative estimate of drug-likeness (QED) is 0.467. The van der Waals surface area contributed by atoms with E-state index in [4.69, 9.17) is 6.42 Å². The molecule has 2 aromatic heterocycles. The van der Waals surface area contributed by atoms with Crippen LogP contribution in [-0.2, 0) is 22.6 Å². The standard InChI is InChI=1S/C20H14F3N3O3S/c1-3-13-4-6-14(7-5-13)11-26-12-15(8-9-18(26)27)16-10-17(20(21,22)23)25-19(24-16)30(2,28)29/h1,4-10,12H,11H2,2H3. The van der Waals surface area contributed by atoms with Gasteiger partial charge in [-0.2, -0.15) is 13.2 Å². The van der Waals surface area contributed by atoms with Crippen molar-refractivity contribution in [3.05, 3.63) is 75.8 Å². The molecule has 0 atom stereocenters. The molecule has 0 unspecified atom stereocenters. The zero-order valence-corrected chi connectivity index (χ0v) is 16.3. The summed E-state index contributed by atoms with van der Waals surface area (Å²) in [5.74, 6) is 2.47. The van der Waals surface area contributed by atoms with Crippen molar-refractivity contribution in [1.29, 1.82) is 0 Å². The number of pyridine rings is 1. The molecule has 0 amide bonds. The van der Waals surface area contributed by atoms with Gasteiger partial charge in [0.1, 0.15) is 5.69 Å². The molecule has 0 saturated carbocycles. The summed E-state index contributed by atoms with van der Waals surface area (Å²) in [6, 6.07) is 9.92. The van der Waals surface area contributed by atoms with Crippen LogP contribution in [0.4, 0.5) is 13.2 Å². The monoisotopic (exact) mass is 433 g/mol. The van der Waals surface area contributed by atoms with Gasteiger partial charge < -0.3 is 4.57 Å². The van der Waals surface area contributed by atoms with Crippen molar-refractivity contribution in [3.8, 4) is 23.6 Å². The highest BCUT2D eigenvalue weighted by Crippen LogP contribution is 2.30. The fourth-order valence-corrected chi connectivity index (χ4v) is 3.12. The number of rotatable bonds is 4. The van der Waals surface area contributed by atoms with Gasteiger partial charge in [-0.1, -0.05) is 18.1 Å². The number of aromatic nitrogens is 3. The summed E-state index contributed by atoms with van der Waals surface area (Å²) in [6.07, 6.45) is 2.46. The van der Waals surface area contributed by atoms with E-state index in [1.54, 1.807) is 24.3 Å². The Bertz CT molecular complexity index is 1310. The van der Waals surface area contributed by atoms with Gasteiger partial charge in [0.2, 0.25) is 15.0 Å². The number of hydrogen-bond donors (Lipinski definition) is 0. The van der Waals surface area contributed by atoms with Gasteiger partial charge in [0.15, 0.2) is 0 Å². The van der Waals surface area contributed by atoms with E-state index in [0.717, 1.165) is 5.56 Å². The predicted molar refractivity (Wildman–Crippen MR) is 103 cm³/mol. The van der Waals surface area contributed by atoms with E-state index in [-0.39, 0.29) is 17.8 Å². The fraction of sp³-hybridized carbons (Fsp3) is 0.150. The van der Waals surface area contributed by atoms with Gasteiger partial charge in [0.05, 0.1) is 12.2 Å². The molecule has 0 N–H and O–H groups in total. The Morgan fingerprint density at radius 3 is 2.33 bits per heavy atom. The zero-order chi connectivity index (χ0) is 22.1. The lowest BCUT2D eigenvalue weighted by Gasteiger charge is -2.12. The summed E-state index contributed by atoms with van der Waals surface area (Å²) >= 11 is 0. The highest BCUT2D eigenvalue weighted by atomic mass is 32.2. The Morgan fingerprint density at radius 2 is 1.77 bits per heavy atom. The molecule has 30 heavy (non-hydrogen) atoms. The lowest BCUT2D eigenvalue weighted by atomic mass is 10.1. The maximum absolute atomic E-state index is 13.2. The van der Waals surface area contributed by atoms with E-state index in [9.17, 15) is 26.4 Å². The van der Waals surface area contributed by atoms with Crippen molar-refractivity contribution >= 4 is 9.84 Å². The molecule has 1 aromatic carbocycles. The van der Waals surface area contributed by atoms with E-state index < -0.39 is 32.4 Å². The van der Waals surface area contributed by atoms with Gasteiger partial charge in [-0.15, -0.1) is 6.42 Å². The normalized spacial score (nSPS) is 11.8. The van der Waals surface area contributed by atoms with E-state index in [2.05, 4.69) is 15.9 Å². The van der Waals surface area contributed by atoms with Crippen LogP contribution >= 0.6 is 0 Å².